The number of aliphatic imine (C=N–C) groups is 1. The lowest BCUT2D eigenvalue weighted by molar-refractivity contribution is 0.749. The molecule has 7 heteroatoms. The largest absolute Gasteiger partial charge is 0.370 e. The number of hydrogen-bond acceptors (Lipinski definition) is 3. The number of anilines is 1. The first-order chi connectivity index (χ1) is 12.1. The van der Waals surface area contributed by atoms with Crippen LogP contribution in [-0.4, -0.2) is 37.6 Å². The lowest BCUT2D eigenvalue weighted by Gasteiger charge is -2.24. The molecule has 0 bridgehead atoms. The molecule has 5 nitrogen and oxygen atoms in total. The molecular formula is C19H27ClIN5. The molecule has 0 saturated heterocycles. The number of benzene rings is 1. The van der Waals surface area contributed by atoms with Gasteiger partial charge < -0.3 is 15.5 Å². The van der Waals surface area contributed by atoms with Gasteiger partial charge in [-0.2, -0.15) is 0 Å². The molecule has 0 aliphatic heterocycles. The molecule has 0 spiro atoms. The molecule has 0 saturated carbocycles. The fraction of sp³-hybridized carbons (Fsp3) is 0.368. The van der Waals surface area contributed by atoms with E-state index in [1.54, 1.807) is 19.3 Å². The van der Waals surface area contributed by atoms with Crippen LogP contribution in [-0.2, 0) is 6.54 Å². The summed E-state index contributed by atoms with van der Waals surface area (Å²) in [5.41, 5.74) is 3.58. The van der Waals surface area contributed by atoms with Crippen LogP contribution in [0.5, 0.6) is 0 Å². The summed E-state index contributed by atoms with van der Waals surface area (Å²) < 4.78 is 0. The van der Waals surface area contributed by atoms with Gasteiger partial charge in [0.05, 0.1) is 0 Å². The van der Waals surface area contributed by atoms with Gasteiger partial charge in [0, 0.05) is 45.1 Å². The van der Waals surface area contributed by atoms with E-state index < -0.39 is 0 Å². The number of likely N-dealkylation sites (N-methyl/N-ethyl adjacent to an activating group) is 1. The van der Waals surface area contributed by atoms with Crippen LogP contribution in [0.1, 0.15) is 18.1 Å². The number of rotatable bonds is 7. The molecule has 26 heavy (non-hydrogen) atoms. The molecule has 0 aliphatic rings. The second-order valence-electron chi connectivity index (χ2n) is 5.76. The van der Waals surface area contributed by atoms with E-state index >= 15 is 0 Å². The van der Waals surface area contributed by atoms with Gasteiger partial charge in [-0.25, -0.2) is 4.98 Å². The average molecular weight is 488 g/mol. The van der Waals surface area contributed by atoms with Crippen molar-refractivity contribution >= 4 is 47.2 Å². The minimum Gasteiger partial charge on any atom is -0.370 e. The van der Waals surface area contributed by atoms with Crippen molar-refractivity contribution in [2.45, 2.75) is 20.4 Å². The van der Waals surface area contributed by atoms with Crippen LogP contribution in [0, 0.1) is 6.92 Å². The molecular weight excluding hydrogens is 461 g/mol. The molecule has 2 rings (SSSR count). The highest BCUT2D eigenvalue weighted by atomic mass is 127. The van der Waals surface area contributed by atoms with E-state index in [0.29, 0.717) is 11.7 Å². The third-order valence-electron chi connectivity index (χ3n) is 3.89. The first-order valence-corrected chi connectivity index (χ1v) is 8.86. The lowest BCUT2D eigenvalue weighted by Crippen LogP contribution is -2.41. The minimum atomic E-state index is 0. The van der Waals surface area contributed by atoms with Crippen LogP contribution >= 0.6 is 35.6 Å². The van der Waals surface area contributed by atoms with Gasteiger partial charge in [-0.1, -0.05) is 29.8 Å². The van der Waals surface area contributed by atoms with E-state index in [9.17, 15) is 0 Å². The van der Waals surface area contributed by atoms with E-state index in [4.69, 9.17) is 11.6 Å². The Morgan fingerprint density at radius 1 is 1.23 bits per heavy atom. The Balaban J connectivity index is 0.00000338. The molecule has 1 aromatic heterocycles. The smallest absolute Gasteiger partial charge is 0.191 e. The molecule has 1 aromatic carbocycles. The highest BCUT2D eigenvalue weighted by molar-refractivity contribution is 14.0. The zero-order chi connectivity index (χ0) is 18.1. The normalized spacial score (nSPS) is 10.8. The van der Waals surface area contributed by atoms with E-state index in [0.717, 1.165) is 31.2 Å². The van der Waals surface area contributed by atoms with Crippen molar-refractivity contribution in [1.29, 1.82) is 0 Å². The standard InChI is InChI=1S/C19H26ClN5.HI/c1-4-25(17-7-5-6-15(2)12-17)11-10-22-19(21-3)24-14-16-8-9-18(20)23-13-16;/h5-9,12-13H,4,10-11,14H2,1-3H3,(H2,21,22,24);1H. The summed E-state index contributed by atoms with van der Waals surface area (Å²) in [7, 11) is 1.77. The van der Waals surface area contributed by atoms with Gasteiger partial charge in [0.1, 0.15) is 5.15 Å². The monoisotopic (exact) mass is 487 g/mol. The van der Waals surface area contributed by atoms with Gasteiger partial charge in [0.15, 0.2) is 5.96 Å². The highest BCUT2D eigenvalue weighted by Gasteiger charge is 2.05. The van der Waals surface area contributed by atoms with E-state index in [2.05, 4.69) is 63.6 Å². The fourth-order valence-corrected chi connectivity index (χ4v) is 2.63. The van der Waals surface area contributed by atoms with Crippen molar-refractivity contribution in [3.05, 3.63) is 58.9 Å². The van der Waals surface area contributed by atoms with Crippen LogP contribution in [0.4, 0.5) is 5.69 Å². The summed E-state index contributed by atoms with van der Waals surface area (Å²) in [5.74, 6) is 0.773. The van der Waals surface area contributed by atoms with Gasteiger partial charge in [0.25, 0.3) is 0 Å². The van der Waals surface area contributed by atoms with Crippen LogP contribution in [0.25, 0.3) is 0 Å². The first-order valence-electron chi connectivity index (χ1n) is 8.49. The summed E-state index contributed by atoms with van der Waals surface area (Å²) in [4.78, 5) is 10.7. The first kappa shape index (κ1) is 22.5. The van der Waals surface area contributed by atoms with Crippen LogP contribution in [0.2, 0.25) is 5.15 Å². The molecule has 0 amide bonds. The molecule has 2 aromatic rings. The van der Waals surface area contributed by atoms with Crippen molar-refractivity contribution in [2.75, 3.05) is 31.6 Å². The summed E-state index contributed by atoms with van der Waals surface area (Å²) in [6.45, 7) is 7.62. The lowest BCUT2D eigenvalue weighted by atomic mass is 10.2. The number of halogens is 2. The van der Waals surface area contributed by atoms with Gasteiger partial charge in [-0.15, -0.1) is 24.0 Å². The predicted molar refractivity (Wildman–Crippen MR) is 122 cm³/mol. The Kier molecular flexibility index (Phi) is 10.3. The van der Waals surface area contributed by atoms with E-state index in [1.807, 2.05) is 6.07 Å². The zero-order valence-electron chi connectivity index (χ0n) is 15.5. The number of hydrogen-bond donors (Lipinski definition) is 2. The summed E-state index contributed by atoms with van der Waals surface area (Å²) in [6.07, 6.45) is 1.76. The van der Waals surface area contributed by atoms with Gasteiger partial charge in [-0.05, 0) is 43.2 Å². The van der Waals surface area contributed by atoms with Gasteiger partial charge >= 0.3 is 0 Å². The predicted octanol–water partition coefficient (Wildman–Crippen LogP) is 3.85. The number of pyridine rings is 1. The molecule has 0 radical (unpaired) electrons. The van der Waals surface area contributed by atoms with Gasteiger partial charge in [-0.3, -0.25) is 4.99 Å². The van der Waals surface area contributed by atoms with E-state index in [-0.39, 0.29) is 24.0 Å². The van der Waals surface area contributed by atoms with Gasteiger partial charge in [0.2, 0.25) is 0 Å². The number of nitrogens with zero attached hydrogens (tertiary/aromatic N) is 3. The van der Waals surface area contributed by atoms with Crippen molar-refractivity contribution in [3.8, 4) is 0 Å². The molecule has 0 fully saturated rings. The molecule has 1 heterocycles. The van der Waals surface area contributed by atoms with Crippen LogP contribution in [0.3, 0.4) is 0 Å². The fourth-order valence-electron chi connectivity index (χ4n) is 2.52. The van der Waals surface area contributed by atoms with Crippen LogP contribution in [0.15, 0.2) is 47.6 Å². The van der Waals surface area contributed by atoms with Crippen LogP contribution < -0.4 is 15.5 Å². The summed E-state index contributed by atoms with van der Waals surface area (Å²) >= 11 is 5.80. The molecule has 0 atom stereocenters. The third-order valence-corrected chi connectivity index (χ3v) is 4.12. The Morgan fingerprint density at radius 2 is 2.04 bits per heavy atom. The molecule has 0 aliphatic carbocycles. The maximum absolute atomic E-state index is 5.80. The Morgan fingerprint density at radius 3 is 2.65 bits per heavy atom. The minimum absolute atomic E-state index is 0. The number of nitrogens with one attached hydrogen (secondary N) is 2. The van der Waals surface area contributed by atoms with E-state index in [1.165, 1.54) is 11.3 Å². The number of aryl methyl sites for hydroxylation is 1. The summed E-state index contributed by atoms with van der Waals surface area (Å²) in [5, 5.41) is 7.14. The Bertz CT molecular complexity index is 691. The van der Waals surface area contributed by atoms with Crippen molar-refractivity contribution in [1.82, 2.24) is 15.6 Å². The van der Waals surface area contributed by atoms with Crippen molar-refractivity contribution in [2.24, 2.45) is 4.99 Å². The molecule has 0 unspecified atom stereocenters. The topological polar surface area (TPSA) is 52.5 Å². The maximum atomic E-state index is 5.80. The van der Waals surface area contributed by atoms with Crippen molar-refractivity contribution < 1.29 is 0 Å². The Labute approximate surface area is 178 Å². The Hall–Kier alpha value is -1.54. The highest BCUT2D eigenvalue weighted by Crippen LogP contribution is 2.14. The maximum Gasteiger partial charge on any atom is 0.191 e. The second kappa shape index (κ2) is 12.0. The number of aromatic nitrogens is 1. The third kappa shape index (κ3) is 7.37. The average Bonchev–Trinajstić information content (AvgIpc) is 2.62. The molecule has 2 N–H and O–H groups in total. The molecule has 142 valence electrons. The zero-order valence-corrected chi connectivity index (χ0v) is 18.6. The quantitative estimate of drug-likeness (QED) is 0.270. The number of guanidine groups is 1. The second-order valence-corrected chi connectivity index (χ2v) is 6.15. The SMILES string of the molecule is CCN(CCNC(=NC)NCc1ccc(Cl)nc1)c1cccc(C)c1.I. The van der Waals surface area contributed by atoms with Crippen molar-refractivity contribution in [3.63, 3.8) is 0 Å². The summed E-state index contributed by atoms with van der Waals surface area (Å²) in [6, 6.07) is 12.3.